The Balaban J connectivity index is 2.42. The van der Waals surface area contributed by atoms with E-state index in [0.29, 0.717) is 11.7 Å². The Hall–Kier alpha value is -1.36. The number of hydrogen-bond acceptors (Lipinski definition) is 5. The molecule has 0 atom stereocenters. The highest BCUT2D eigenvalue weighted by Crippen LogP contribution is 2.06. The molecule has 0 spiro atoms. The first-order valence-corrected chi connectivity index (χ1v) is 4.75. The van der Waals surface area contributed by atoms with E-state index in [4.69, 9.17) is 5.84 Å². The van der Waals surface area contributed by atoms with Crippen LogP contribution in [0.15, 0.2) is 12.4 Å². The molecular weight excluding hydrogens is 178 g/mol. The summed E-state index contributed by atoms with van der Waals surface area (Å²) in [5, 5.41) is 3.18. The van der Waals surface area contributed by atoms with Crippen LogP contribution in [0, 0.1) is 5.92 Å². The fourth-order valence-corrected chi connectivity index (χ4v) is 1.01. The van der Waals surface area contributed by atoms with E-state index < -0.39 is 0 Å². The summed E-state index contributed by atoms with van der Waals surface area (Å²) in [4.78, 5) is 8.16. The van der Waals surface area contributed by atoms with Gasteiger partial charge < -0.3 is 10.7 Å². The maximum atomic E-state index is 5.22. The van der Waals surface area contributed by atoms with Gasteiger partial charge in [-0.15, -0.1) is 0 Å². The van der Waals surface area contributed by atoms with Gasteiger partial charge in [-0.05, 0) is 12.3 Å². The highest BCUT2D eigenvalue weighted by Gasteiger charge is 1.97. The Morgan fingerprint density at radius 1 is 1.36 bits per heavy atom. The van der Waals surface area contributed by atoms with Crippen LogP contribution in [0.4, 0.5) is 11.6 Å². The summed E-state index contributed by atoms with van der Waals surface area (Å²) in [6.45, 7) is 5.27. The van der Waals surface area contributed by atoms with Gasteiger partial charge in [0.25, 0.3) is 0 Å². The number of anilines is 2. The van der Waals surface area contributed by atoms with Crippen molar-refractivity contribution in [1.82, 2.24) is 9.97 Å². The van der Waals surface area contributed by atoms with Gasteiger partial charge in [0, 0.05) is 6.54 Å². The summed E-state index contributed by atoms with van der Waals surface area (Å²) in [5.41, 5.74) is 2.45. The molecule has 0 fully saturated rings. The van der Waals surface area contributed by atoms with E-state index in [-0.39, 0.29) is 0 Å². The average Bonchev–Trinajstić information content (AvgIpc) is 2.18. The van der Waals surface area contributed by atoms with Crippen LogP contribution in [0.25, 0.3) is 0 Å². The molecule has 0 aliphatic heterocycles. The van der Waals surface area contributed by atoms with E-state index in [9.17, 15) is 0 Å². The standard InChI is InChI=1S/C9H17N5/c1-7(2)3-4-12-8-5-11-6-9(13-8)14-10/h5-7H,3-4,10H2,1-2H3,(H2,12,13,14). The molecule has 0 saturated carbocycles. The number of aromatic nitrogens is 2. The summed E-state index contributed by atoms with van der Waals surface area (Å²) in [6.07, 6.45) is 4.37. The zero-order valence-electron chi connectivity index (χ0n) is 8.62. The minimum absolute atomic E-state index is 0.569. The van der Waals surface area contributed by atoms with Crippen molar-refractivity contribution in [3.8, 4) is 0 Å². The number of nitrogens with two attached hydrogens (primary N) is 1. The Bertz CT molecular complexity index is 274. The van der Waals surface area contributed by atoms with E-state index in [1.165, 1.54) is 0 Å². The topological polar surface area (TPSA) is 75.9 Å². The first-order chi connectivity index (χ1) is 6.72. The molecule has 0 bridgehead atoms. The second kappa shape index (κ2) is 5.39. The molecule has 0 aliphatic carbocycles. The number of nitrogen functional groups attached to an aromatic ring is 1. The molecule has 0 radical (unpaired) electrons. The molecular formula is C9H17N5. The lowest BCUT2D eigenvalue weighted by molar-refractivity contribution is 0.606. The van der Waals surface area contributed by atoms with Crippen molar-refractivity contribution in [3.63, 3.8) is 0 Å². The Morgan fingerprint density at radius 3 is 2.71 bits per heavy atom. The van der Waals surface area contributed by atoms with Crippen LogP contribution in [-0.2, 0) is 0 Å². The first kappa shape index (κ1) is 10.7. The molecule has 14 heavy (non-hydrogen) atoms. The summed E-state index contributed by atoms with van der Waals surface area (Å²) in [6, 6.07) is 0. The van der Waals surface area contributed by atoms with E-state index in [2.05, 4.69) is 34.6 Å². The van der Waals surface area contributed by atoms with Crippen LogP contribution in [-0.4, -0.2) is 16.5 Å². The third-order valence-electron chi connectivity index (χ3n) is 1.81. The van der Waals surface area contributed by atoms with Crippen LogP contribution >= 0.6 is 0 Å². The molecule has 0 aromatic carbocycles. The maximum Gasteiger partial charge on any atom is 0.160 e. The Morgan fingerprint density at radius 2 is 2.07 bits per heavy atom. The van der Waals surface area contributed by atoms with Crippen molar-refractivity contribution in [2.75, 3.05) is 17.3 Å². The van der Waals surface area contributed by atoms with E-state index in [1.54, 1.807) is 12.4 Å². The summed E-state index contributed by atoms with van der Waals surface area (Å²) in [5.74, 6) is 7.22. The molecule has 5 heteroatoms. The van der Waals surface area contributed by atoms with Crippen molar-refractivity contribution in [1.29, 1.82) is 0 Å². The largest absolute Gasteiger partial charge is 0.369 e. The number of rotatable bonds is 5. The van der Waals surface area contributed by atoms with Crippen LogP contribution < -0.4 is 16.6 Å². The van der Waals surface area contributed by atoms with Crippen LogP contribution in [0.2, 0.25) is 0 Å². The van der Waals surface area contributed by atoms with Crippen molar-refractivity contribution < 1.29 is 0 Å². The monoisotopic (exact) mass is 195 g/mol. The summed E-state index contributed by atoms with van der Waals surface area (Å²) >= 11 is 0. The normalized spacial score (nSPS) is 10.3. The van der Waals surface area contributed by atoms with E-state index in [1.807, 2.05) is 0 Å². The van der Waals surface area contributed by atoms with Crippen LogP contribution in [0.1, 0.15) is 20.3 Å². The second-order valence-electron chi connectivity index (χ2n) is 3.54. The lowest BCUT2D eigenvalue weighted by Crippen LogP contribution is -2.11. The quantitative estimate of drug-likeness (QED) is 0.486. The number of nitrogens with one attached hydrogen (secondary N) is 2. The highest BCUT2D eigenvalue weighted by atomic mass is 15.3. The van der Waals surface area contributed by atoms with Gasteiger partial charge in [0.2, 0.25) is 0 Å². The lowest BCUT2D eigenvalue weighted by atomic mass is 10.1. The maximum absolute atomic E-state index is 5.22. The minimum Gasteiger partial charge on any atom is -0.369 e. The molecule has 0 aliphatic rings. The minimum atomic E-state index is 0.569. The zero-order valence-corrected chi connectivity index (χ0v) is 8.62. The molecule has 1 aromatic heterocycles. The molecule has 1 aromatic rings. The molecule has 0 unspecified atom stereocenters. The van der Waals surface area contributed by atoms with Gasteiger partial charge in [-0.25, -0.2) is 10.8 Å². The smallest absolute Gasteiger partial charge is 0.160 e. The first-order valence-electron chi connectivity index (χ1n) is 4.75. The predicted octanol–water partition coefficient (Wildman–Crippen LogP) is 1.22. The van der Waals surface area contributed by atoms with Gasteiger partial charge in [0.05, 0.1) is 12.4 Å². The Labute approximate surface area is 84.1 Å². The molecule has 0 amide bonds. The van der Waals surface area contributed by atoms with Gasteiger partial charge in [-0.3, -0.25) is 4.98 Å². The molecule has 4 N–H and O–H groups in total. The predicted molar refractivity (Wildman–Crippen MR) is 57.8 cm³/mol. The van der Waals surface area contributed by atoms with Gasteiger partial charge in [-0.1, -0.05) is 13.8 Å². The number of nitrogens with zero attached hydrogens (tertiary/aromatic N) is 2. The summed E-state index contributed by atoms with van der Waals surface area (Å²) in [7, 11) is 0. The van der Waals surface area contributed by atoms with E-state index >= 15 is 0 Å². The number of hydrazine groups is 1. The molecule has 0 saturated heterocycles. The number of hydrogen-bond donors (Lipinski definition) is 3. The van der Waals surface area contributed by atoms with Crippen molar-refractivity contribution in [3.05, 3.63) is 12.4 Å². The fraction of sp³-hybridized carbons (Fsp3) is 0.556. The second-order valence-corrected chi connectivity index (χ2v) is 3.54. The SMILES string of the molecule is CC(C)CCNc1cncc(NN)n1. The van der Waals surface area contributed by atoms with Gasteiger partial charge in [0.15, 0.2) is 5.82 Å². The molecule has 1 heterocycles. The van der Waals surface area contributed by atoms with Crippen LogP contribution in [0.5, 0.6) is 0 Å². The zero-order chi connectivity index (χ0) is 10.4. The molecule has 5 nitrogen and oxygen atoms in total. The molecule has 1 rings (SSSR count). The highest BCUT2D eigenvalue weighted by molar-refractivity contribution is 5.40. The molecule has 78 valence electrons. The van der Waals surface area contributed by atoms with Crippen molar-refractivity contribution in [2.24, 2.45) is 11.8 Å². The van der Waals surface area contributed by atoms with Crippen molar-refractivity contribution >= 4 is 11.6 Å². The van der Waals surface area contributed by atoms with Gasteiger partial charge in [0.1, 0.15) is 5.82 Å². The van der Waals surface area contributed by atoms with Gasteiger partial charge >= 0.3 is 0 Å². The third-order valence-corrected chi connectivity index (χ3v) is 1.81. The van der Waals surface area contributed by atoms with Gasteiger partial charge in [-0.2, -0.15) is 0 Å². The summed E-state index contributed by atoms with van der Waals surface area (Å²) < 4.78 is 0. The fourth-order valence-electron chi connectivity index (χ4n) is 1.01. The lowest BCUT2D eigenvalue weighted by Gasteiger charge is -2.07. The Kier molecular flexibility index (Phi) is 4.12. The average molecular weight is 195 g/mol. The van der Waals surface area contributed by atoms with E-state index in [0.717, 1.165) is 18.8 Å². The third kappa shape index (κ3) is 3.57. The van der Waals surface area contributed by atoms with Crippen molar-refractivity contribution in [2.45, 2.75) is 20.3 Å². The van der Waals surface area contributed by atoms with Crippen LogP contribution in [0.3, 0.4) is 0 Å².